The zero-order valence-corrected chi connectivity index (χ0v) is 31.5. The third-order valence-electron chi connectivity index (χ3n) is 12.8. The van der Waals surface area contributed by atoms with Crippen LogP contribution in [0, 0.1) is 13.8 Å². The lowest BCUT2D eigenvalue weighted by molar-refractivity contribution is 0.591. The van der Waals surface area contributed by atoms with Gasteiger partial charge in [0.25, 0.3) is 6.71 Å². The Hall–Kier alpha value is -4.86. The average molecular weight is 688 g/mol. The van der Waals surface area contributed by atoms with Crippen LogP contribution in [0.5, 0.6) is 0 Å². The quantitative estimate of drug-likeness (QED) is 0.167. The molecular weight excluding hydrogens is 645 g/mol. The van der Waals surface area contributed by atoms with Crippen molar-refractivity contribution >= 4 is 60.9 Å². The van der Waals surface area contributed by atoms with Gasteiger partial charge in [-0.3, -0.25) is 0 Å². The highest BCUT2D eigenvalue weighted by atomic mass is 32.1. The lowest BCUT2D eigenvalue weighted by Crippen LogP contribution is -2.64. The minimum absolute atomic E-state index is 0.0546. The molecule has 1 nitrogen and oxygen atoms in total. The molecule has 3 heterocycles. The van der Waals surface area contributed by atoms with E-state index >= 15 is 0 Å². The van der Waals surface area contributed by atoms with Gasteiger partial charge < -0.3 is 4.90 Å². The second kappa shape index (κ2) is 10.6. The molecule has 0 saturated carbocycles. The van der Waals surface area contributed by atoms with Crippen molar-refractivity contribution in [3.05, 3.63) is 176 Å². The van der Waals surface area contributed by atoms with Crippen molar-refractivity contribution in [3.63, 3.8) is 0 Å². The van der Waals surface area contributed by atoms with Crippen LogP contribution in [0.15, 0.2) is 115 Å². The van der Waals surface area contributed by atoms with Crippen LogP contribution in [0.4, 0.5) is 17.1 Å². The number of para-hydroxylation sites is 1. The standard InChI is InChI=1S/C49H42BNS/c1-29-11-21-40-42(24-29)50-45-41(49(40,36-18-16-31-12-14-33(31)26-36)37-19-17-32-13-15-34(32)27-37)23-30(2)25-43(45)51(38-9-7-6-8-10-38)46-39-28-35(48(3,4)5)20-22-44(39)52-47(46)50/h6-11,16-28H,12-15H2,1-5H3. The highest BCUT2D eigenvalue weighted by molar-refractivity contribution is 7.33. The first kappa shape index (κ1) is 30.7. The Kier molecular flexibility index (Phi) is 6.27. The minimum Gasteiger partial charge on any atom is -0.310 e. The Bertz CT molecular complexity index is 2600. The molecule has 3 heteroatoms. The summed E-state index contributed by atoms with van der Waals surface area (Å²) in [6, 6.07) is 45.9. The van der Waals surface area contributed by atoms with Crippen LogP contribution in [0.3, 0.4) is 0 Å². The monoisotopic (exact) mass is 687 g/mol. The van der Waals surface area contributed by atoms with E-state index in [1.165, 1.54) is 130 Å². The van der Waals surface area contributed by atoms with E-state index in [4.69, 9.17) is 0 Å². The molecule has 52 heavy (non-hydrogen) atoms. The second-order valence-electron chi connectivity index (χ2n) is 16.9. The fraction of sp³-hybridized carbons (Fsp3) is 0.224. The van der Waals surface area contributed by atoms with Crippen LogP contribution < -0.4 is 20.6 Å². The molecule has 2 aliphatic carbocycles. The molecule has 0 spiro atoms. The number of rotatable bonds is 3. The minimum atomic E-state index is -0.444. The number of aryl methyl sites for hydroxylation is 6. The number of hydrogen-bond acceptors (Lipinski definition) is 2. The maximum absolute atomic E-state index is 2.63. The van der Waals surface area contributed by atoms with Crippen molar-refractivity contribution in [2.24, 2.45) is 0 Å². The Morgan fingerprint density at radius 3 is 1.96 bits per heavy atom. The highest BCUT2D eigenvalue weighted by Gasteiger charge is 2.53. The summed E-state index contributed by atoms with van der Waals surface area (Å²) in [6.07, 6.45) is 4.72. The second-order valence-corrected chi connectivity index (χ2v) is 18.0. The van der Waals surface area contributed by atoms with Gasteiger partial charge in [-0.05, 0) is 136 Å². The van der Waals surface area contributed by atoms with Gasteiger partial charge in [0.05, 0.1) is 11.1 Å². The first-order valence-electron chi connectivity index (χ1n) is 19.1. The summed E-state index contributed by atoms with van der Waals surface area (Å²) in [6.45, 7) is 11.7. The lowest BCUT2D eigenvalue weighted by atomic mass is 9.31. The number of nitrogens with zero attached hydrogens (tertiary/aromatic N) is 1. The van der Waals surface area contributed by atoms with Gasteiger partial charge in [0.15, 0.2) is 0 Å². The van der Waals surface area contributed by atoms with Crippen molar-refractivity contribution in [2.45, 2.75) is 71.1 Å². The molecule has 0 amide bonds. The molecule has 0 saturated heterocycles. The third kappa shape index (κ3) is 4.06. The molecule has 6 aromatic carbocycles. The summed E-state index contributed by atoms with van der Waals surface area (Å²) < 4.78 is 2.82. The van der Waals surface area contributed by atoms with Crippen molar-refractivity contribution in [1.82, 2.24) is 0 Å². The summed E-state index contributed by atoms with van der Waals surface area (Å²) in [7, 11) is 0. The Balaban J connectivity index is 1.32. The molecule has 252 valence electrons. The van der Waals surface area contributed by atoms with E-state index in [-0.39, 0.29) is 12.1 Å². The van der Waals surface area contributed by atoms with E-state index in [1.54, 1.807) is 0 Å². The molecule has 0 unspecified atom stereocenters. The van der Waals surface area contributed by atoms with Gasteiger partial charge in [-0.2, -0.15) is 0 Å². The zero-order chi connectivity index (χ0) is 35.1. The predicted molar refractivity (Wildman–Crippen MR) is 222 cm³/mol. The average Bonchev–Trinajstić information content (AvgIpc) is 3.48. The van der Waals surface area contributed by atoms with Crippen LogP contribution >= 0.6 is 11.3 Å². The fourth-order valence-electron chi connectivity index (χ4n) is 10.0. The van der Waals surface area contributed by atoms with E-state index in [0.29, 0.717) is 0 Å². The zero-order valence-electron chi connectivity index (χ0n) is 30.7. The molecule has 1 aromatic heterocycles. The normalized spacial score (nSPS) is 15.9. The predicted octanol–water partition coefficient (Wildman–Crippen LogP) is 10.0. The van der Waals surface area contributed by atoms with Gasteiger partial charge in [0.1, 0.15) is 0 Å². The van der Waals surface area contributed by atoms with Crippen molar-refractivity contribution in [1.29, 1.82) is 0 Å². The summed E-state index contributed by atoms with van der Waals surface area (Å²) in [5.74, 6) is 0. The number of thiophene rings is 1. The first-order valence-corrected chi connectivity index (χ1v) is 19.9. The number of hydrogen-bond donors (Lipinski definition) is 0. The lowest BCUT2D eigenvalue weighted by Gasteiger charge is -2.48. The molecule has 0 radical (unpaired) electrons. The highest BCUT2D eigenvalue weighted by Crippen LogP contribution is 2.52. The van der Waals surface area contributed by atoms with Gasteiger partial charge in [0, 0.05) is 26.2 Å². The molecule has 4 aliphatic rings. The van der Waals surface area contributed by atoms with Crippen LogP contribution in [-0.2, 0) is 36.5 Å². The van der Waals surface area contributed by atoms with E-state index in [9.17, 15) is 0 Å². The summed E-state index contributed by atoms with van der Waals surface area (Å²) in [5, 5.41) is 1.36. The molecule has 7 aromatic rings. The van der Waals surface area contributed by atoms with Crippen LogP contribution in [0.2, 0.25) is 0 Å². The Labute approximate surface area is 312 Å². The van der Waals surface area contributed by atoms with E-state index < -0.39 is 5.41 Å². The maximum atomic E-state index is 2.63. The maximum Gasteiger partial charge on any atom is 0.260 e. The van der Waals surface area contributed by atoms with Crippen molar-refractivity contribution < 1.29 is 0 Å². The smallest absolute Gasteiger partial charge is 0.260 e. The number of benzene rings is 6. The summed E-state index contributed by atoms with van der Waals surface area (Å²) >= 11 is 2.01. The Morgan fingerprint density at radius 2 is 1.33 bits per heavy atom. The SMILES string of the molecule is Cc1ccc2c(c1)B1c3sc4ccc(C(C)(C)C)cc4c3N(c3ccccc3)c3cc(C)cc(c31)C2(c1ccc2c(c1)CC2)c1ccc2c(c1)CC2. The number of fused-ring (bicyclic) bond motifs is 8. The molecule has 11 rings (SSSR count). The molecule has 0 bridgehead atoms. The van der Waals surface area contributed by atoms with Gasteiger partial charge in [-0.15, -0.1) is 11.3 Å². The molecular formula is C49H42BNS. The summed E-state index contributed by atoms with van der Waals surface area (Å²) in [4.78, 5) is 2.63. The Morgan fingerprint density at radius 1 is 0.635 bits per heavy atom. The van der Waals surface area contributed by atoms with Crippen molar-refractivity contribution in [3.8, 4) is 0 Å². The van der Waals surface area contributed by atoms with Crippen molar-refractivity contribution in [2.75, 3.05) is 4.90 Å². The molecule has 0 N–H and O–H groups in total. The van der Waals surface area contributed by atoms with E-state index in [2.05, 4.69) is 155 Å². The molecule has 0 fully saturated rings. The van der Waals surface area contributed by atoms with Gasteiger partial charge in [-0.25, -0.2) is 0 Å². The summed E-state index contributed by atoms with van der Waals surface area (Å²) in [5.41, 5.74) is 22.2. The van der Waals surface area contributed by atoms with Crippen LogP contribution in [0.25, 0.3) is 10.1 Å². The van der Waals surface area contributed by atoms with Gasteiger partial charge in [0.2, 0.25) is 0 Å². The van der Waals surface area contributed by atoms with E-state index in [0.717, 1.165) is 0 Å². The third-order valence-corrected chi connectivity index (χ3v) is 14.0. The largest absolute Gasteiger partial charge is 0.310 e. The van der Waals surface area contributed by atoms with Gasteiger partial charge >= 0.3 is 0 Å². The fourth-order valence-corrected chi connectivity index (χ4v) is 11.3. The molecule has 0 atom stereocenters. The van der Waals surface area contributed by atoms with Gasteiger partial charge in [-0.1, -0.05) is 117 Å². The van der Waals surface area contributed by atoms with Crippen LogP contribution in [0.1, 0.15) is 82.0 Å². The van der Waals surface area contributed by atoms with Crippen LogP contribution in [-0.4, -0.2) is 6.71 Å². The first-order chi connectivity index (χ1) is 25.2. The number of anilines is 3. The van der Waals surface area contributed by atoms with E-state index in [1.807, 2.05) is 11.3 Å². The topological polar surface area (TPSA) is 3.24 Å². The molecule has 2 aliphatic heterocycles.